The van der Waals surface area contributed by atoms with E-state index in [-0.39, 0.29) is 42.5 Å². The Kier molecular flexibility index (Phi) is 5.40. The summed E-state index contributed by atoms with van der Waals surface area (Å²) in [4.78, 5) is 48.0. The molecule has 6 heteroatoms. The third-order valence-electron chi connectivity index (χ3n) is 4.90. The number of aryl methyl sites for hydroxylation is 2. The van der Waals surface area contributed by atoms with E-state index in [0.29, 0.717) is 5.69 Å². The molecule has 0 bridgehead atoms. The fourth-order valence-corrected chi connectivity index (χ4v) is 3.89. The summed E-state index contributed by atoms with van der Waals surface area (Å²) >= 11 is 0. The van der Waals surface area contributed by atoms with E-state index < -0.39 is 11.9 Å². The van der Waals surface area contributed by atoms with Crippen LogP contribution in [0.5, 0.6) is 0 Å². The molecule has 6 nitrogen and oxygen atoms in total. The van der Waals surface area contributed by atoms with Crippen LogP contribution in [0, 0.1) is 26.7 Å². The Morgan fingerprint density at radius 1 is 1.12 bits per heavy atom. The highest BCUT2D eigenvalue weighted by atomic mass is 16.2. The van der Waals surface area contributed by atoms with Crippen LogP contribution in [0.4, 0.5) is 10.5 Å². The van der Waals surface area contributed by atoms with Crippen molar-refractivity contribution in [1.82, 2.24) is 0 Å². The lowest BCUT2D eigenvalue weighted by Crippen LogP contribution is -2.38. The first-order chi connectivity index (χ1) is 11.7. The number of hydrogen-bond donors (Lipinski definition) is 2. The smallest absolute Gasteiger partial charge is 0.316 e. The van der Waals surface area contributed by atoms with Gasteiger partial charge in [-0.15, -0.1) is 0 Å². The minimum Gasteiger partial charge on any atom is -0.351 e. The van der Waals surface area contributed by atoms with E-state index in [9.17, 15) is 19.2 Å². The highest BCUT2D eigenvalue weighted by molar-refractivity contribution is 6.21. The Bertz CT molecular complexity index is 749. The molecule has 1 aliphatic carbocycles. The predicted molar refractivity (Wildman–Crippen MR) is 94.6 cm³/mol. The van der Waals surface area contributed by atoms with Gasteiger partial charge in [0.05, 0.1) is 0 Å². The SMILES string of the molecule is CCC(=O)C1C(=O)CC(c2c(C)cc(C)c(NC(N)=O)c2C)CC1=O. The van der Waals surface area contributed by atoms with Crippen LogP contribution in [-0.2, 0) is 14.4 Å². The summed E-state index contributed by atoms with van der Waals surface area (Å²) in [7, 11) is 0. The van der Waals surface area contributed by atoms with Crippen molar-refractivity contribution < 1.29 is 19.2 Å². The average Bonchev–Trinajstić information content (AvgIpc) is 2.50. The summed E-state index contributed by atoms with van der Waals surface area (Å²) in [5.74, 6) is -2.30. The number of primary amides is 1. The molecule has 2 rings (SSSR count). The molecule has 3 N–H and O–H groups in total. The van der Waals surface area contributed by atoms with Gasteiger partial charge in [0, 0.05) is 24.9 Å². The largest absolute Gasteiger partial charge is 0.351 e. The standard InChI is InChI=1S/C19H24N2O4/c1-5-13(22)17-14(23)7-12(8-15(17)24)16-9(2)6-10(3)18(11(16)4)21-19(20)25/h6,12,17H,5,7-8H2,1-4H3,(H3,20,21,25). The van der Waals surface area contributed by atoms with E-state index in [1.54, 1.807) is 6.92 Å². The quantitative estimate of drug-likeness (QED) is 0.819. The van der Waals surface area contributed by atoms with E-state index >= 15 is 0 Å². The third-order valence-corrected chi connectivity index (χ3v) is 4.90. The number of amides is 2. The fourth-order valence-electron chi connectivity index (χ4n) is 3.89. The number of nitrogens with two attached hydrogens (primary N) is 1. The van der Waals surface area contributed by atoms with E-state index in [1.165, 1.54) is 0 Å². The van der Waals surface area contributed by atoms with Gasteiger partial charge < -0.3 is 11.1 Å². The monoisotopic (exact) mass is 344 g/mol. The Hall–Kier alpha value is -2.50. The van der Waals surface area contributed by atoms with Crippen LogP contribution in [0.3, 0.4) is 0 Å². The summed E-state index contributed by atoms with van der Waals surface area (Å²) in [6.07, 6.45) is 0.494. The van der Waals surface area contributed by atoms with Crippen molar-refractivity contribution in [2.45, 2.75) is 52.9 Å². The minimum atomic E-state index is -1.10. The Morgan fingerprint density at radius 2 is 1.68 bits per heavy atom. The van der Waals surface area contributed by atoms with Crippen molar-refractivity contribution in [1.29, 1.82) is 0 Å². The molecule has 0 saturated heterocycles. The third kappa shape index (κ3) is 3.62. The van der Waals surface area contributed by atoms with E-state index in [2.05, 4.69) is 5.32 Å². The highest BCUT2D eigenvalue weighted by Gasteiger charge is 2.40. The molecular formula is C19H24N2O4. The molecule has 2 amide bonds. The zero-order chi connectivity index (χ0) is 18.9. The molecule has 1 saturated carbocycles. The van der Waals surface area contributed by atoms with Gasteiger partial charge in [0.25, 0.3) is 0 Å². The van der Waals surface area contributed by atoms with Gasteiger partial charge >= 0.3 is 6.03 Å². The van der Waals surface area contributed by atoms with Gasteiger partial charge in [-0.25, -0.2) is 4.79 Å². The Labute approximate surface area is 147 Å². The number of nitrogens with one attached hydrogen (secondary N) is 1. The van der Waals surface area contributed by atoms with Gasteiger partial charge in [0.2, 0.25) is 0 Å². The van der Waals surface area contributed by atoms with Crippen LogP contribution in [0.25, 0.3) is 0 Å². The maximum absolute atomic E-state index is 12.4. The van der Waals surface area contributed by atoms with Gasteiger partial charge in [-0.2, -0.15) is 0 Å². The van der Waals surface area contributed by atoms with Gasteiger partial charge in [0.1, 0.15) is 5.92 Å². The number of carbonyl (C=O) groups is 4. The molecule has 0 aromatic heterocycles. The van der Waals surface area contributed by atoms with Crippen LogP contribution in [0.15, 0.2) is 6.07 Å². The number of urea groups is 1. The van der Waals surface area contributed by atoms with Crippen LogP contribution >= 0.6 is 0 Å². The zero-order valence-electron chi connectivity index (χ0n) is 15.1. The van der Waals surface area contributed by atoms with E-state index in [1.807, 2.05) is 26.8 Å². The maximum atomic E-state index is 12.4. The van der Waals surface area contributed by atoms with Gasteiger partial charge in [-0.3, -0.25) is 14.4 Å². The predicted octanol–water partition coefficient (Wildman–Crippen LogP) is 2.71. The molecule has 1 aromatic rings. The second-order valence-electron chi connectivity index (χ2n) is 6.70. The molecule has 0 atom stereocenters. The number of benzene rings is 1. The van der Waals surface area contributed by atoms with Crippen molar-refractivity contribution >= 4 is 29.1 Å². The molecule has 134 valence electrons. The number of ketones is 3. The topological polar surface area (TPSA) is 106 Å². The lowest BCUT2D eigenvalue weighted by atomic mass is 9.73. The van der Waals surface area contributed by atoms with Crippen LogP contribution in [0.2, 0.25) is 0 Å². The number of rotatable bonds is 4. The second kappa shape index (κ2) is 7.17. The molecule has 25 heavy (non-hydrogen) atoms. The van der Waals surface area contributed by atoms with E-state index in [0.717, 1.165) is 22.3 Å². The number of hydrogen-bond acceptors (Lipinski definition) is 4. The van der Waals surface area contributed by atoms with E-state index in [4.69, 9.17) is 5.73 Å². The fraction of sp³-hybridized carbons (Fsp3) is 0.474. The molecule has 1 aromatic carbocycles. The average molecular weight is 344 g/mol. The molecule has 0 unspecified atom stereocenters. The summed E-state index contributed by atoms with van der Waals surface area (Å²) < 4.78 is 0. The summed E-state index contributed by atoms with van der Waals surface area (Å²) in [5, 5.41) is 2.62. The zero-order valence-corrected chi connectivity index (χ0v) is 15.1. The normalized spacial score (nSPS) is 20.5. The Morgan fingerprint density at radius 3 is 2.16 bits per heavy atom. The number of anilines is 1. The van der Waals surface area contributed by atoms with Crippen LogP contribution < -0.4 is 11.1 Å². The molecule has 0 spiro atoms. The van der Waals surface area contributed by atoms with Crippen molar-refractivity contribution in [2.24, 2.45) is 11.7 Å². The van der Waals surface area contributed by atoms with Crippen molar-refractivity contribution in [3.05, 3.63) is 28.3 Å². The van der Waals surface area contributed by atoms with Crippen LogP contribution in [0.1, 0.15) is 54.4 Å². The van der Waals surface area contributed by atoms with Gasteiger partial charge in [-0.1, -0.05) is 13.0 Å². The lowest BCUT2D eigenvalue weighted by Gasteiger charge is -2.29. The molecule has 1 fully saturated rings. The number of Topliss-reactive ketones (excluding diaryl/α,β-unsaturated/α-hetero) is 3. The minimum absolute atomic E-state index is 0.156. The van der Waals surface area contributed by atoms with Crippen molar-refractivity contribution in [2.75, 3.05) is 5.32 Å². The summed E-state index contributed by atoms with van der Waals surface area (Å²) in [6.45, 7) is 7.29. The summed E-state index contributed by atoms with van der Waals surface area (Å²) in [5.41, 5.74) is 9.36. The first-order valence-corrected chi connectivity index (χ1v) is 8.42. The number of carbonyl (C=O) groups excluding carboxylic acids is 4. The van der Waals surface area contributed by atoms with Crippen molar-refractivity contribution in [3.8, 4) is 0 Å². The lowest BCUT2D eigenvalue weighted by molar-refractivity contribution is -0.142. The molecular weight excluding hydrogens is 320 g/mol. The highest BCUT2D eigenvalue weighted by Crippen LogP contribution is 2.39. The first kappa shape index (κ1) is 18.8. The molecule has 0 radical (unpaired) electrons. The van der Waals surface area contributed by atoms with Crippen LogP contribution in [-0.4, -0.2) is 23.4 Å². The molecule has 0 aliphatic heterocycles. The molecule has 1 aliphatic rings. The Balaban J connectivity index is 2.43. The van der Waals surface area contributed by atoms with Gasteiger partial charge in [0.15, 0.2) is 17.3 Å². The molecule has 0 heterocycles. The summed E-state index contributed by atoms with van der Waals surface area (Å²) in [6, 6.07) is 1.25. The maximum Gasteiger partial charge on any atom is 0.316 e. The first-order valence-electron chi connectivity index (χ1n) is 8.42. The van der Waals surface area contributed by atoms with Crippen molar-refractivity contribution in [3.63, 3.8) is 0 Å². The van der Waals surface area contributed by atoms with Gasteiger partial charge in [-0.05, 0) is 48.9 Å². The second-order valence-corrected chi connectivity index (χ2v) is 6.70.